The van der Waals surface area contributed by atoms with Crippen LogP contribution in [0.25, 0.3) is 0 Å². The first-order valence-corrected chi connectivity index (χ1v) is 6.06. The van der Waals surface area contributed by atoms with Gasteiger partial charge in [-0.3, -0.25) is 0 Å². The molecule has 3 heteroatoms. The zero-order valence-electron chi connectivity index (χ0n) is 10.1. The van der Waals surface area contributed by atoms with Crippen LogP contribution in [0, 0.1) is 0 Å². The van der Waals surface area contributed by atoms with Gasteiger partial charge in [-0.1, -0.05) is 13.8 Å². The zero-order valence-corrected chi connectivity index (χ0v) is 10.1. The second-order valence-corrected chi connectivity index (χ2v) is 4.77. The molecule has 1 saturated carbocycles. The number of pyridine rings is 1. The van der Waals surface area contributed by atoms with E-state index in [0.717, 1.165) is 30.0 Å². The highest BCUT2D eigenvalue weighted by molar-refractivity contribution is 5.26. The fourth-order valence-corrected chi connectivity index (χ4v) is 1.72. The van der Waals surface area contributed by atoms with Gasteiger partial charge in [0.2, 0.25) is 5.88 Å². The van der Waals surface area contributed by atoms with Gasteiger partial charge in [0.1, 0.15) is 6.10 Å². The van der Waals surface area contributed by atoms with Crippen molar-refractivity contribution < 1.29 is 4.74 Å². The van der Waals surface area contributed by atoms with E-state index in [1.165, 1.54) is 6.42 Å². The van der Waals surface area contributed by atoms with Gasteiger partial charge in [0, 0.05) is 18.3 Å². The Morgan fingerprint density at radius 1 is 1.44 bits per heavy atom. The van der Waals surface area contributed by atoms with Crippen LogP contribution in [-0.2, 0) is 6.54 Å². The van der Waals surface area contributed by atoms with Crippen LogP contribution in [0.15, 0.2) is 12.1 Å². The molecule has 0 aliphatic heterocycles. The first kappa shape index (κ1) is 11.4. The summed E-state index contributed by atoms with van der Waals surface area (Å²) in [5.74, 6) is 1.16. The molecule has 0 radical (unpaired) electrons. The van der Waals surface area contributed by atoms with Gasteiger partial charge in [0.15, 0.2) is 0 Å². The molecule has 0 amide bonds. The smallest absolute Gasteiger partial charge is 0.214 e. The predicted molar refractivity (Wildman–Crippen MR) is 64.5 cm³/mol. The summed E-state index contributed by atoms with van der Waals surface area (Å²) in [6, 6.07) is 4.03. The quantitative estimate of drug-likeness (QED) is 0.848. The Balaban J connectivity index is 2.18. The summed E-state index contributed by atoms with van der Waals surface area (Å²) in [6.45, 7) is 4.81. The Hall–Kier alpha value is -1.09. The molecular weight excluding hydrogens is 200 g/mol. The fourth-order valence-electron chi connectivity index (χ4n) is 1.72. The van der Waals surface area contributed by atoms with Gasteiger partial charge in [0.25, 0.3) is 0 Å². The number of ether oxygens (including phenoxy) is 1. The number of nitrogens with two attached hydrogens (primary N) is 1. The van der Waals surface area contributed by atoms with Crippen molar-refractivity contribution in [1.29, 1.82) is 0 Å². The van der Waals surface area contributed by atoms with E-state index < -0.39 is 0 Å². The van der Waals surface area contributed by atoms with Crippen LogP contribution in [0.1, 0.15) is 50.3 Å². The molecule has 0 saturated heterocycles. The fraction of sp³-hybridized carbons (Fsp3) is 0.615. The summed E-state index contributed by atoms with van der Waals surface area (Å²) >= 11 is 0. The molecule has 1 aliphatic rings. The molecule has 3 nitrogen and oxygen atoms in total. The molecule has 16 heavy (non-hydrogen) atoms. The van der Waals surface area contributed by atoms with Crippen LogP contribution in [0.2, 0.25) is 0 Å². The highest BCUT2D eigenvalue weighted by Crippen LogP contribution is 2.26. The zero-order chi connectivity index (χ0) is 11.5. The highest BCUT2D eigenvalue weighted by Gasteiger charge is 2.20. The van der Waals surface area contributed by atoms with Crippen molar-refractivity contribution in [2.45, 2.75) is 51.7 Å². The van der Waals surface area contributed by atoms with Gasteiger partial charge in [0.05, 0.1) is 0 Å². The summed E-state index contributed by atoms with van der Waals surface area (Å²) < 4.78 is 5.82. The van der Waals surface area contributed by atoms with E-state index in [4.69, 9.17) is 10.5 Å². The largest absolute Gasteiger partial charge is 0.474 e. The minimum atomic E-state index is 0.375. The molecule has 0 aromatic carbocycles. The van der Waals surface area contributed by atoms with E-state index in [0.29, 0.717) is 18.6 Å². The van der Waals surface area contributed by atoms with Crippen molar-refractivity contribution in [2.75, 3.05) is 0 Å². The van der Waals surface area contributed by atoms with Crippen molar-refractivity contribution >= 4 is 0 Å². The molecule has 0 atom stereocenters. The third-order valence-electron chi connectivity index (χ3n) is 3.05. The van der Waals surface area contributed by atoms with Gasteiger partial charge >= 0.3 is 0 Å². The normalized spacial score (nSPS) is 16.2. The van der Waals surface area contributed by atoms with E-state index in [2.05, 4.69) is 24.9 Å². The third kappa shape index (κ3) is 2.53. The van der Waals surface area contributed by atoms with Gasteiger partial charge < -0.3 is 10.5 Å². The second kappa shape index (κ2) is 4.83. The minimum absolute atomic E-state index is 0.375. The topological polar surface area (TPSA) is 48.1 Å². The van der Waals surface area contributed by atoms with Crippen LogP contribution in [0.4, 0.5) is 0 Å². The molecule has 1 fully saturated rings. The van der Waals surface area contributed by atoms with E-state index >= 15 is 0 Å². The van der Waals surface area contributed by atoms with E-state index in [9.17, 15) is 0 Å². The summed E-state index contributed by atoms with van der Waals surface area (Å²) in [6.07, 6.45) is 3.97. The molecule has 2 N–H and O–H groups in total. The van der Waals surface area contributed by atoms with Crippen LogP contribution < -0.4 is 10.5 Å². The molecule has 0 bridgehead atoms. The monoisotopic (exact) mass is 220 g/mol. The maximum Gasteiger partial charge on any atom is 0.214 e. The molecule has 1 aromatic rings. The van der Waals surface area contributed by atoms with Gasteiger partial charge in [-0.15, -0.1) is 0 Å². The van der Waals surface area contributed by atoms with Gasteiger partial charge in [-0.05, 0) is 36.8 Å². The molecule has 0 spiro atoms. The third-order valence-corrected chi connectivity index (χ3v) is 3.05. The van der Waals surface area contributed by atoms with Gasteiger partial charge in [-0.2, -0.15) is 0 Å². The number of aromatic nitrogens is 1. The van der Waals surface area contributed by atoms with Crippen LogP contribution in [0.3, 0.4) is 0 Å². The molecule has 88 valence electrons. The van der Waals surface area contributed by atoms with Crippen LogP contribution >= 0.6 is 0 Å². The Labute approximate surface area is 97.0 Å². The van der Waals surface area contributed by atoms with Crippen molar-refractivity contribution in [3.63, 3.8) is 0 Å². The molecule has 1 aromatic heterocycles. The van der Waals surface area contributed by atoms with Crippen molar-refractivity contribution in [2.24, 2.45) is 5.73 Å². The lowest BCUT2D eigenvalue weighted by atomic mass is 9.96. The van der Waals surface area contributed by atoms with E-state index in [1.807, 2.05) is 6.07 Å². The number of hydrogen-bond donors (Lipinski definition) is 1. The first-order valence-electron chi connectivity index (χ1n) is 6.06. The Morgan fingerprint density at radius 2 is 2.19 bits per heavy atom. The Bertz CT molecular complexity index is 359. The van der Waals surface area contributed by atoms with Crippen LogP contribution in [0.5, 0.6) is 5.88 Å². The Kier molecular flexibility index (Phi) is 3.44. The van der Waals surface area contributed by atoms with Crippen molar-refractivity contribution in [3.05, 3.63) is 23.4 Å². The average molecular weight is 220 g/mol. The average Bonchev–Trinajstić information content (AvgIpc) is 2.23. The van der Waals surface area contributed by atoms with E-state index in [-0.39, 0.29) is 0 Å². The summed E-state index contributed by atoms with van der Waals surface area (Å²) in [7, 11) is 0. The molecule has 1 aliphatic carbocycles. The van der Waals surface area contributed by atoms with Crippen LogP contribution in [-0.4, -0.2) is 11.1 Å². The van der Waals surface area contributed by atoms with Crippen molar-refractivity contribution in [3.8, 4) is 5.88 Å². The number of nitrogens with zero attached hydrogens (tertiary/aromatic N) is 1. The number of hydrogen-bond acceptors (Lipinski definition) is 3. The first-order chi connectivity index (χ1) is 7.69. The SMILES string of the molecule is CC(C)c1cc(CN)cc(OC2CCC2)n1. The lowest BCUT2D eigenvalue weighted by molar-refractivity contribution is 0.114. The van der Waals surface area contributed by atoms with Crippen molar-refractivity contribution in [1.82, 2.24) is 4.98 Å². The lowest BCUT2D eigenvalue weighted by Crippen LogP contribution is -2.25. The molecular formula is C13H20N2O. The maximum atomic E-state index is 5.82. The Morgan fingerprint density at radius 3 is 2.69 bits per heavy atom. The highest BCUT2D eigenvalue weighted by atomic mass is 16.5. The summed E-state index contributed by atoms with van der Waals surface area (Å²) in [5.41, 5.74) is 7.85. The number of rotatable bonds is 4. The van der Waals surface area contributed by atoms with E-state index in [1.54, 1.807) is 0 Å². The predicted octanol–water partition coefficient (Wildman–Crippen LogP) is 2.60. The molecule has 0 unspecified atom stereocenters. The standard InChI is InChI=1S/C13H20N2O/c1-9(2)12-6-10(8-14)7-13(15-12)16-11-4-3-5-11/h6-7,9,11H,3-5,8,14H2,1-2H3. The minimum Gasteiger partial charge on any atom is -0.474 e. The maximum absolute atomic E-state index is 5.82. The second-order valence-electron chi connectivity index (χ2n) is 4.77. The molecule has 2 rings (SSSR count). The summed E-state index contributed by atoms with van der Waals surface area (Å²) in [4.78, 5) is 4.52. The lowest BCUT2D eigenvalue weighted by Gasteiger charge is -2.26. The van der Waals surface area contributed by atoms with Gasteiger partial charge in [-0.25, -0.2) is 4.98 Å². The summed E-state index contributed by atoms with van der Waals surface area (Å²) in [5, 5.41) is 0. The molecule has 1 heterocycles.